The van der Waals surface area contributed by atoms with Crippen LogP contribution in [0.4, 0.5) is 0 Å². The highest BCUT2D eigenvalue weighted by Crippen LogP contribution is 2.18. The summed E-state index contributed by atoms with van der Waals surface area (Å²) in [6.45, 7) is 0. The molecular weight excluding hydrogens is 184 g/mol. The van der Waals surface area contributed by atoms with Crippen LogP contribution in [-0.2, 0) is 9.78 Å². The van der Waals surface area contributed by atoms with Gasteiger partial charge in [0, 0.05) is 10.6 Å². The first-order valence-corrected chi connectivity index (χ1v) is 3.51. The Morgan fingerprint density at radius 1 is 1.08 bits per heavy atom. The molecule has 1 aromatic rings. The summed E-state index contributed by atoms with van der Waals surface area (Å²) in [5.41, 5.74) is 0.462. The molecule has 66 valence electrons. The molecule has 0 saturated carbocycles. The van der Waals surface area contributed by atoms with Crippen molar-refractivity contribution in [2.24, 2.45) is 0 Å². The minimum atomic E-state index is -1.19. The zero-order chi connectivity index (χ0) is 8.97. The summed E-state index contributed by atoms with van der Waals surface area (Å²) < 4.78 is 0. The summed E-state index contributed by atoms with van der Waals surface area (Å²) in [5, 5.41) is 17.0. The topological polar surface area (TPSA) is 58.9 Å². The SMILES string of the molecule is OOC(OO)c1ccc(Cl)cc1. The molecule has 0 radical (unpaired) electrons. The summed E-state index contributed by atoms with van der Waals surface area (Å²) in [5.74, 6) is 0. The lowest BCUT2D eigenvalue weighted by atomic mass is 10.2. The van der Waals surface area contributed by atoms with Crippen molar-refractivity contribution in [1.29, 1.82) is 0 Å². The van der Waals surface area contributed by atoms with E-state index in [0.29, 0.717) is 10.6 Å². The van der Waals surface area contributed by atoms with Gasteiger partial charge < -0.3 is 0 Å². The standard InChI is InChI=1S/C7H7ClO4/c8-6-3-1-5(2-4-6)7(11-9)12-10/h1-4,7,9-10H. The summed E-state index contributed by atoms with van der Waals surface area (Å²) in [7, 11) is 0. The van der Waals surface area contributed by atoms with Crippen LogP contribution in [0.25, 0.3) is 0 Å². The summed E-state index contributed by atoms with van der Waals surface area (Å²) in [6.07, 6.45) is -1.19. The predicted octanol–water partition coefficient (Wildman–Crippen LogP) is 2.32. The Bertz CT molecular complexity index is 232. The first-order valence-electron chi connectivity index (χ1n) is 3.14. The van der Waals surface area contributed by atoms with E-state index in [1.165, 1.54) is 0 Å². The second-order valence-electron chi connectivity index (χ2n) is 2.09. The van der Waals surface area contributed by atoms with Gasteiger partial charge in [-0.05, 0) is 12.1 Å². The van der Waals surface area contributed by atoms with Crippen molar-refractivity contribution in [3.05, 3.63) is 34.9 Å². The molecule has 0 aliphatic rings. The first kappa shape index (κ1) is 9.44. The van der Waals surface area contributed by atoms with Crippen molar-refractivity contribution in [3.8, 4) is 0 Å². The Kier molecular flexibility index (Phi) is 3.46. The molecule has 0 spiro atoms. The number of benzene rings is 1. The highest BCUT2D eigenvalue weighted by Gasteiger charge is 2.11. The van der Waals surface area contributed by atoms with E-state index in [2.05, 4.69) is 9.78 Å². The van der Waals surface area contributed by atoms with Crippen LogP contribution in [0.3, 0.4) is 0 Å². The third-order valence-corrected chi connectivity index (χ3v) is 1.59. The van der Waals surface area contributed by atoms with Crippen LogP contribution in [0.2, 0.25) is 5.02 Å². The summed E-state index contributed by atoms with van der Waals surface area (Å²) >= 11 is 5.60. The molecule has 5 heteroatoms. The molecule has 0 unspecified atom stereocenters. The van der Waals surface area contributed by atoms with Crippen molar-refractivity contribution in [3.63, 3.8) is 0 Å². The zero-order valence-electron chi connectivity index (χ0n) is 5.98. The normalized spacial score (nSPS) is 10.7. The maximum absolute atomic E-state index is 8.23. The molecule has 0 aliphatic heterocycles. The van der Waals surface area contributed by atoms with E-state index >= 15 is 0 Å². The molecule has 0 amide bonds. The Hall–Kier alpha value is -0.650. The lowest BCUT2D eigenvalue weighted by molar-refractivity contribution is -0.437. The fraction of sp³-hybridized carbons (Fsp3) is 0.143. The van der Waals surface area contributed by atoms with Crippen molar-refractivity contribution in [1.82, 2.24) is 0 Å². The fourth-order valence-electron chi connectivity index (χ4n) is 0.761. The summed E-state index contributed by atoms with van der Waals surface area (Å²) in [6, 6.07) is 6.28. The average Bonchev–Trinajstić information content (AvgIpc) is 2.10. The molecular formula is C7H7ClO4. The molecule has 0 atom stereocenters. The highest BCUT2D eigenvalue weighted by atomic mass is 35.5. The van der Waals surface area contributed by atoms with E-state index in [1.54, 1.807) is 24.3 Å². The maximum atomic E-state index is 8.23. The Balaban J connectivity index is 2.80. The smallest absolute Gasteiger partial charge is 0.248 e. The second-order valence-corrected chi connectivity index (χ2v) is 2.53. The van der Waals surface area contributed by atoms with E-state index < -0.39 is 6.29 Å². The highest BCUT2D eigenvalue weighted by molar-refractivity contribution is 6.30. The number of halogens is 1. The van der Waals surface area contributed by atoms with Crippen molar-refractivity contribution in [2.75, 3.05) is 0 Å². The largest absolute Gasteiger partial charge is 0.249 e. The van der Waals surface area contributed by atoms with Gasteiger partial charge in [-0.2, -0.15) is 9.78 Å². The van der Waals surface area contributed by atoms with Crippen molar-refractivity contribution >= 4 is 11.6 Å². The molecule has 12 heavy (non-hydrogen) atoms. The van der Waals surface area contributed by atoms with E-state index in [9.17, 15) is 0 Å². The van der Waals surface area contributed by atoms with Crippen LogP contribution in [-0.4, -0.2) is 10.5 Å². The van der Waals surface area contributed by atoms with Gasteiger partial charge in [-0.15, -0.1) is 0 Å². The van der Waals surface area contributed by atoms with Crippen LogP contribution in [0.15, 0.2) is 24.3 Å². The van der Waals surface area contributed by atoms with Gasteiger partial charge in [0.15, 0.2) is 0 Å². The van der Waals surface area contributed by atoms with E-state index in [-0.39, 0.29) is 0 Å². The van der Waals surface area contributed by atoms with Crippen LogP contribution >= 0.6 is 11.6 Å². The van der Waals surface area contributed by atoms with Gasteiger partial charge in [0.1, 0.15) is 0 Å². The maximum Gasteiger partial charge on any atom is 0.248 e. The van der Waals surface area contributed by atoms with Crippen LogP contribution < -0.4 is 0 Å². The third-order valence-electron chi connectivity index (χ3n) is 1.33. The number of hydrogen-bond donors (Lipinski definition) is 2. The monoisotopic (exact) mass is 190 g/mol. The average molecular weight is 191 g/mol. The Morgan fingerprint density at radius 2 is 1.58 bits per heavy atom. The van der Waals surface area contributed by atoms with Gasteiger partial charge in [0.2, 0.25) is 6.29 Å². The molecule has 0 saturated heterocycles. The van der Waals surface area contributed by atoms with E-state index in [0.717, 1.165) is 0 Å². The Morgan fingerprint density at radius 3 is 2.00 bits per heavy atom. The number of hydrogen-bond acceptors (Lipinski definition) is 4. The molecule has 0 aliphatic carbocycles. The minimum Gasteiger partial charge on any atom is -0.249 e. The van der Waals surface area contributed by atoms with Gasteiger partial charge in [0.25, 0.3) is 0 Å². The first-order chi connectivity index (χ1) is 5.77. The molecule has 1 rings (SSSR count). The van der Waals surface area contributed by atoms with Gasteiger partial charge in [0.05, 0.1) is 0 Å². The lowest BCUT2D eigenvalue weighted by Gasteiger charge is -2.08. The third kappa shape index (κ3) is 2.17. The van der Waals surface area contributed by atoms with Crippen LogP contribution in [0.5, 0.6) is 0 Å². The quantitative estimate of drug-likeness (QED) is 0.436. The lowest BCUT2D eigenvalue weighted by Crippen LogP contribution is -2.03. The van der Waals surface area contributed by atoms with Crippen LogP contribution in [0, 0.1) is 0 Å². The van der Waals surface area contributed by atoms with Gasteiger partial charge >= 0.3 is 0 Å². The zero-order valence-corrected chi connectivity index (χ0v) is 6.73. The molecule has 0 bridgehead atoms. The fourth-order valence-corrected chi connectivity index (χ4v) is 0.887. The Labute approximate surface area is 73.8 Å². The van der Waals surface area contributed by atoms with Gasteiger partial charge in [-0.1, -0.05) is 23.7 Å². The molecule has 0 aromatic heterocycles. The minimum absolute atomic E-state index is 0.462. The molecule has 0 heterocycles. The van der Waals surface area contributed by atoms with E-state index in [1.807, 2.05) is 0 Å². The molecule has 4 nitrogen and oxygen atoms in total. The van der Waals surface area contributed by atoms with Gasteiger partial charge in [-0.25, -0.2) is 10.5 Å². The number of rotatable bonds is 3. The van der Waals surface area contributed by atoms with Gasteiger partial charge in [-0.3, -0.25) is 0 Å². The summed E-state index contributed by atoms with van der Waals surface area (Å²) in [4.78, 5) is 7.62. The van der Waals surface area contributed by atoms with E-state index in [4.69, 9.17) is 22.1 Å². The predicted molar refractivity (Wildman–Crippen MR) is 41.6 cm³/mol. The molecule has 0 fully saturated rings. The molecule has 1 aromatic carbocycles. The van der Waals surface area contributed by atoms with Crippen LogP contribution in [0.1, 0.15) is 11.9 Å². The second kappa shape index (κ2) is 4.39. The van der Waals surface area contributed by atoms with Crippen molar-refractivity contribution < 1.29 is 20.3 Å². The molecule has 2 N–H and O–H groups in total. The van der Waals surface area contributed by atoms with Crippen molar-refractivity contribution in [2.45, 2.75) is 6.29 Å².